The van der Waals surface area contributed by atoms with Gasteiger partial charge >= 0.3 is 0 Å². The van der Waals surface area contributed by atoms with Crippen LogP contribution in [0.25, 0.3) is 6.08 Å². The Balaban J connectivity index is 2.51. The Labute approximate surface area is 94.8 Å². The first kappa shape index (κ1) is 11.2. The molecule has 0 aliphatic carbocycles. The summed E-state index contributed by atoms with van der Waals surface area (Å²) < 4.78 is 28.0. The Kier molecular flexibility index (Phi) is 2.32. The van der Waals surface area contributed by atoms with E-state index in [9.17, 15) is 8.42 Å². The minimum atomic E-state index is -3.65. The van der Waals surface area contributed by atoms with Gasteiger partial charge in [0.05, 0.1) is 4.90 Å². The second kappa shape index (κ2) is 3.33. The van der Waals surface area contributed by atoms with Gasteiger partial charge in [-0.25, -0.2) is 13.6 Å². The molecule has 1 aliphatic rings. The fourth-order valence-corrected chi connectivity index (χ4v) is 2.08. The second-order valence-electron chi connectivity index (χ2n) is 4.28. The minimum Gasteiger partial charge on any atom is -0.483 e. The maximum Gasteiger partial charge on any atom is 0.238 e. The van der Waals surface area contributed by atoms with Gasteiger partial charge in [-0.1, -0.05) is 6.08 Å². The lowest BCUT2D eigenvalue weighted by atomic mass is 10.0. The van der Waals surface area contributed by atoms with Crippen molar-refractivity contribution in [1.82, 2.24) is 0 Å². The lowest BCUT2D eigenvalue weighted by Crippen LogP contribution is -2.27. The largest absolute Gasteiger partial charge is 0.483 e. The van der Waals surface area contributed by atoms with Crippen molar-refractivity contribution >= 4 is 16.1 Å². The standard InChI is InChI=1S/C11H13NO3S/c1-11(2)6-5-8-7-9(16(12,13)14)3-4-10(8)15-11/h3-7H,1-2H3,(H2,12,13,14). The topological polar surface area (TPSA) is 69.4 Å². The van der Waals surface area contributed by atoms with E-state index in [2.05, 4.69) is 0 Å². The van der Waals surface area contributed by atoms with E-state index >= 15 is 0 Å². The van der Waals surface area contributed by atoms with Gasteiger partial charge in [-0.15, -0.1) is 0 Å². The maximum absolute atomic E-state index is 11.2. The number of hydrogen-bond donors (Lipinski definition) is 1. The SMILES string of the molecule is CC1(C)C=Cc2cc(S(N)(=O)=O)ccc2O1. The lowest BCUT2D eigenvalue weighted by Gasteiger charge is -2.27. The Morgan fingerprint density at radius 2 is 2.00 bits per heavy atom. The zero-order chi connectivity index (χ0) is 12.0. The van der Waals surface area contributed by atoms with Crippen LogP contribution in [-0.4, -0.2) is 14.0 Å². The third-order valence-corrected chi connectivity index (χ3v) is 3.26. The van der Waals surface area contributed by atoms with Crippen LogP contribution in [0.5, 0.6) is 5.75 Å². The molecule has 0 saturated heterocycles. The summed E-state index contributed by atoms with van der Waals surface area (Å²) in [6.07, 6.45) is 3.72. The van der Waals surface area contributed by atoms with E-state index in [1.807, 2.05) is 26.0 Å². The molecule has 16 heavy (non-hydrogen) atoms. The van der Waals surface area contributed by atoms with Crippen LogP contribution in [0, 0.1) is 0 Å². The van der Waals surface area contributed by atoms with E-state index in [1.165, 1.54) is 12.1 Å². The van der Waals surface area contributed by atoms with Gasteiger partial charge in [-0.3, -0.25) is 0 Å². The van der Waals surface area contributed by atoms with Crippen LogP contribution in [0.15, 0.2) is 29.2 Å². The summed E-state index contributed by atoms with van der Waals surface area (Å²) in [7, 11) is -3.65. The zero-order valence-corrected chi connectivity index (χ0v) is 9.91. The molecule has 0 unspecified atom stereocenters. The van der Waals surface area contributed by atoms with Crippen molar-refractivity contribution in [1.29, 1.82) is 0 Å². The number of fused-ring (bicyclic) bond motifs is 1. The molecule has 5 heteroatoms. The molecule has 0 amide bonds. The molecule has 1 aromatic carbocycles. The van der Waals surface area contributed by atoms with Crippen LogP contribution >= 0.6 is 0 Å². The monoisotopic (exact) mass is 239 g/mol. The van der Waals surface area contributed by atoms with Crippen LogP contribution in [0.1, 0.15) is 19.4 Å². The smallest absolute Gasteiger partial charge is 0.238 e. The van der Waals surface area contributed by atoms with Crippen molar-refractivity contribution in [3.05, 3.63) is 29.8 Å². The van der Waals surface area contributed by atoms with Gasteiger partial charge in [0.25, 0.3) is 0 Å². The van der Waals surface area contributed by atoms with E-state index in [4.69, 9.17) is 9.88 Å². The molecule has 0 fully saturated rings. The molecule has 0 bridgehead atoms. The van der Waals surface area contributed by atoms with Gasteiger partial charge in [0.2, 0.25) is 10.0 Å². The minimum absolute atomic E-state index is 0.0965. The number of rotatable bonds is 1. The normalized spacial score (nSPS) is 17.7. The molecular weight excluding hydrogens is 226 g/mol. The van der Waals surface area contributed by atoms with E-state index in [1.54, 1.807) is 6.07 Å². The Bertz CT molecular complexity index is 559. The number of hydrogen-bond acceptors (Lipinski definition) is 3. The molecule has 0 atom stereocenters. The highest BCUT2D eigenvalue weighted by Crippen LogP contribution is 2.31. The predicted octanol–water partition coefficient (Wildman–Crippen LogP) is 1.52. The number of ether oxygens (including phenoxy) is 1. The van der Waals surface area contributed by atoms with Crippen molar-refractivity contribution in [2.24, 2.45) is 5.14 Å². The summed E-state index contributed by atoms with van der Waals surface area (Å²) >= 11 is 0. The van der Waals surface area contributed by atoms with Crippen LogP contribution in [0.3, 0.4) is 0 Å². The summed E-state index contributed by atoms with van der Waals surface area (Å²) in [6.45, 7) is 3.86. The molecule has 0 aromatic heterocycles. The Hall–Kier alpha value is -1.33. The van der Waals surface area contributed by atoms with Crippen molar-refractivity contribution < 1.29 is 13.2 Å². The summed E-state index contributed by atoms with van der Waals surface area (Å²) in [5.74, 6) is 0.667. The maximum atomic E-state index is 11.2. The molecule has 86 valence electrons. The van der Waals surface area contributed by atoms with Crippen molar-refractivity contribution in [3.63, 3.8) is 0 Å². The van der Waals surface area contributed by atoms with Crippen LogP contribution in [0.4, 0.5) is 0 Å². The van der Waals surface area contributed by atoms with Crippen LogP contribution in [-0.2, 0) is 10.0 Å². The van der Waals surface area contributed by atoms with Crippen molar-refractivity contribution in [2.45, 2.75) is 24.3 Å². The molecule has 1 aliphatic heterocycles. The number of benzene rings is 1. The number of primary sulfonamides is 1. The van der Waals surface area contributed by atoms with Gasteiger partial charge in [0.15, 0.2) is 0 Å². The van der Waals surface area contributed by atoms with Gasteiger partial charge < -0.3 is 4.74 Å². The molecule has 0 spiro atoms. The van der Waals surface area contributed by atoms with Crippen molar-refractivity contribution in [3.8, 4) is 5.75 Å². The third-order valence-electron chi connectivity index (χ3n) is 2.35. The summed E-state index contributed by atoms with van der Waals surface area (Å²) in [5, 5.41) is 5.05. The second-order valence-corrected chi connectivity index (χ2v) is 5.84. The van der Waals surface area contributed by atoms with Gasteiger partial charge in [-0.05, 0) is 38.1 Å². The molecule has 0 radical (unpaired) electrons. The fourth-order valence-electron chi connectivity index (χ4n) is 1.53. The van der Waals surface area contributed by atoms with Gasteiger partial charge in [0, 0.05) is 5.56 Å². The molecule has 2 rings (SSSR count). The lowest BCUT2D eigenvalue weighted by molar-refractivity contribution is 0.159. The van der Waals surface area contributed by atoms with Crippen molar-refractivity contribution in [2.75, 3.05) is 0 Å². The predicted molar refractivity (Wildman–Crippen MR) is 61.6 cm³/mol. The molecule has 2 N–H and O–H groups in total. The van der Waals surface area contributed by atoms with E-state index in [0.29, 0.717) is 5.75 Å². The summed E-state index contributed by atoms with van der Waals surface area (Å²) in [4.78, 5) is 0.0965. The molecule has 1 aromatic rings. The first-order valence-electron chi connectivity index (χ1n) is 4.83. The highest BCUT2D eigenvalue weighted by Gasteiger charge is 2.22. The van der Waals surface area contributed by atoms with Crippen LogP contribution < -0.4 is 9.88 Å². The highest BCUT2D eigenvalue weighted by atomic mass is 32.2. The summed E-state index contributed by atoms with van der Waals surface area (Å²) in [6, 6.07) is 4.58. The quantitative estimate of drug-likeness (QED) is 0.807. The Morgan fingerprint density at radius 3 is 2.62 bits per heavy atom. The third kappa shape index (κ3) is 2.10. The molecule has 0 saturated carbocycles. The molecule has 1 heterocycles. The zero-order valence-electron chi connectivity index (χ0n) is 9.10. The number of sulfonamides is 1. The number of nitrogens with two attached hydrogens (primary N) is 1. The highest BCUT2D eigenvalue weighted by molar-refractivity contribution is 7.89. The van der Waals surface area contributed by atoms with E-state index in [0.717, 1.165) is 5.56 Å². The average molecular weight is 239 g/mol. The van der Waals surface area contributed by atoms with Gasteiger partial charge in [0.1, 0.15) is 11.4 Å². The van der Waals surface area contributed by atoms with Gasteiger partial charge in [-0.2, -0.15) is 0 Å². The summed E-state index contributed by atoms with van der Waals surface area (Å²) in [5.41, 5.74) is 0.363. The van der Waals surface area contributed by atoms with E-state index < -0.39 is 10.0 Å². The average Bonchev–Trinajstić information content (AvgIpc) is 2.14. The van der Waals surface area contributed by atoms with Crippen LogP contribution in [0.2, 0.25) is 0 Å². The molecular formula is C11H13NO3S. The van der Waals surface area contributed by atoms with E-state index in [-0.39, 0.29) is 10.5 Å². The first-order valence-corrected chi connectivity index (χ1v) is 6.38. The Morgan fingerprint density at radius 1 is 1.31 bits per heavy atom. The fraction of sp³-hybridized carbons (Fsp3) is 0.273. The molecule has 4 nitrogen and oxygen atoms in total. The first-order chi connectivity index (χ1) is 7.28.